The van der Waals surface area contributed by atoms with Crippen molar-refractivity contribution in [2.75, 3.05) is 0 Å². The summed E-state index contributed by atoms with van der Waals surface area (Å²) in [5, 5.41) is 6.50. The van der Waals surface area contributed by atoms with Crippen molar-refractivity contribution in [1.29, 1.82) is 0 Å². The maximum Gasteiger partial charge on any atom is 0.272 e. The lowest BCUT2D eigenvalue weighted by Gasteiger charge is -1.95. The average molecular weight is 213 g/mol. The Morgan fingerprint density at radius 1 is 1.12 bits per heavy atom. The van der Waals surface area contributed by atoms with Crippen LogP contribution in [0.15, 0.2) is 35.3 Å². The van der Waals surface area contributed by atoms with Gasteiger partial charge in [-0.15, -0.1) is 0 Å². The highest BCUT2D eigenvalue weighted by Crippen LogP contribution is 2.27. The first-order chi connectivity index (χ1) is 7.77. The van der Waals surface area contributed by atoms with Gasteiger partial charge in [0.25, 0.3) is 5.56 Å². The van der Waals surface area contributed by atoms with Gasteiger partial charge in [-0.1, -0.05) is 18.2 Å². The Morgan fingerprint density at radius 2 is 1.94 bits per heavy atom. The zero-order valence-electron chi connectivity index (χ0n) is 8.79. The first-order valence-corrected chi connectivity index (χ1v) is 5.11. The summed E-state index contributed by atoms with van der Waals surface area (Å²) >= 11 is 0. The molecule has 0 atom stereocenters. The van der Waals surface area contributed by atoms with Crippen LogP contribution in [0.3, 0.4) is 0 Å². The van der Waals surface area contributed by atoms with Gasteiger partial charge in [-0.25, -0.2) is 0 Å². The molecule has 0 bridgehead atoms. The van der Waals surface area contributed by atoms with E-state index in [4.69, 9.17) is 0 Å². The summed E-state index contributed by atoms with van der Waals surface area (Å²) in [6.45, 7) is 1.88. The number of hydrogen-bond donors (Lipinski definition) is 3. The van der Waals surface area contributed by atoms with Gasteiger partial charge in [0.05, 0.1) is 5.56 Å². The summed E-state index contributed by atoms with van der Waals surface area (Å²) in [4.78, 5) is 14.8. The molecule has 3 rings (SSSR count). The SMILES string of the molecule is Cc1[nH][nH]c(=O)c1-c1c[nH]c2ccccc12. The number of aromatic amines is 3. The largest absolute Gasteiger partial charge is 0.361 e. The van der Waals surface area contributed by atoms with E-state index >= 15 is 0 Å². The number of para-hydroxylation sites is 1. The van der Waals surface area contributed by atoms with Crippen LogP contribution in [0, 0.1) is 6.92 Å². The number of benzene rings is 1. The highest BCUT2D eigenvalue weighted by atomic mass is 16.1. The summed E-state index contributed by atoms with van der Waals surface area (Å²) in [5.74, 6) is 0. The topological polar surface area (TPSA) is 64.4 Å². The predicted octanol–water partition coefficient (Wildman–Crippen LogP) is 2.16. The van der Waals surface area contributed by atoms with E-state index in [1.165, 1.54) is 0 Å². The molecule has 0 aliphatic carbocycles. The molecule has 0 radical (unpaired) electrons. The van der Waals surface area contributed by atoms with Gasteiger partial charge in [0, 0.05) is 28.4 Å². The standard InChI is InChI=1S/C12H11N3O/c1-7-11(12(16)15-14-7)9-6-13-10-5-3-2-4-8(9)10/h2-6,13H,1H3,(H2,14,15,16). The number of fused-ring (bicyclic) bond motifs is 1. The molecule has 0 spiro atoms. The molecule has 2 aromatic heterocycles. The minimum atomic E-state index is -0.0812. The Labute approximate surface area is 91.3 Å². The Morgan fingerprint density at radius 3 is 2.69 bits per heavy atom. The summed E-state index contributed by atoms with van der Waals surface area (Å²) in [5.41, 5.74) is 3.46. The van der Waals surface area contributed by atoms with Gasteiger partial charge >= 0.3 is 0 Å². The van der Waals surface area contributed by atoms with Crippen LogP contribution in [0.1, 0.15) is 5.69 Å². The second-order valence-corrected chi connectivity index (χ2v) is 3.83. The fourth-order valence-electron chi connectivity index (χ4n) is 2.05. The van der Waals surface area contributed by atoms with Crippen LogP contribution in [-0.2, 0) is 0 Å². The van der Waals surface area contributed by atoms with E-state index in [0.717, 1.165) is 22.2 Å². The summed E-state index contributed by atoms with van der Waals surface area (Å²) in [6, 6.07) is 7.94. The molecule has 16 heavy (non-hydrogen) atoms. The molecule has 0 unspecified atom stereocenters. The number of nitrogens with one attached hydrogen (secondary N) is 3. The van der Waals surface area contributed by atoms with E-state index < -0.39 is 0 Å². The first kappa shape index (κ1) is 9.03. The second kappa shape index (κ2) is 3.13. The van der Waals surface area contributed by atoms with E-state index in [9.17, 15) is 4.79 Å². The van der Waals surface area contributed by atoms with Gasteiger partial charge in [0.1, 0.15) is 0 Å². The number of aromatic nitrogens is 3. The highest BCUT2D eigenvalue weighted by Gasteiger charge is 2.12. The van der Waals surface area contributed by atoms with Gasteiger partial charge < -0.3 is 10.1 Å². The number of aryl methyl sites for hydroxylation is 1. The van der Waals surface area contributed by atoms with Gasteiger partial charge in [0.15, 0.2) is 0 Å². The van der Waals surface area contributed by atoms with E-state index in [1.54, 1.807) is 0 Å². The second-order valence-electron chi connectivity index (χ2n) is 3.83. The van der Waals surface area contributed by atoms with Gasteiger partial charge in [-0.2, -0.15) is 0 Å². The molecule has 4 heteroatoms. The molecule has 0 saturated heterocycles. The molecule has 4 nitrogen and oxygen atoms in total. The molecule has 0 fully saturated rings. The van der Waals surface area contributed by atoms with Gasteiger partial charge in [-0.05, 0) is 13.0 Å². The predicted molar refractivity (Wildman–Crippen MR) is 63.4 cm³/mol. The van der Waals surface area contributed by atoms with Crippen LogP contribution in [0.25, 0.3) is 22.0 Å². The fraction of sp³-hybridized carbons (Fsp3) is 0.0833. The van der Waals surface area contributed by atoms with E-state index in [2.05, 4.69) is 15.2 Å². The van der Waals surface area contributed by atoms with E-state index in [0.29, 0.717) is 5.56 Å². The molecule has 2 heterocycles. The van der Waals surface area contributed by atoms with Crippen molar-refractivity contribution in [3.63, 3.8) is 0 Å². The van der Waals surface area contributed by atoms with Crippen LogP contribution in [0.2, 0.25) is 0 Å². The number of hydrogen-bond acceptors (Lipinski definition) is 1. The molecule has 1 aromatic carbocycles. The third kappa shape index (κ3) is 1.13. The average Bonchev–Trinajstić information content (AvgIpc) is 2.83. The summed E-state index contributed by atoms with van der Waals surface area (Å²) in [7, 11) is 0. The molecule has 0 aliphatic heterocycles. The van der Waals surface area contributed by atoms with Crippen LogP contribution in [0.4, 0.5) is 0 Å². The highest BCUT2D eigenvalue weighted by molar-refractivity contribution is 5.95. The Hall–Kier alpha value is -2.23. The maximum absolute atomic E-state index is 11.7. The fourth-order valence-corrected chi connectivity index (χ4v) is 2.05. The monoisotopic (exact) mass is 213 g/mol. The smallest absolute Gasteiger partial charge is 0.272 e. The molecule has 3 aromatic rings. The van der Waals surface area contributed by atoms with Crippen LogP contribution >= 0.6 is 0 Å². The van der Waals surface area contributed by atoms with Crippen LogP contribution in [-0.4, -0.2) is 15.2 Å². The minimum absolute atomic E-state index is 0.0812. The lowest BCUT2D eigenvalue weighted by molar-refractivity contribution is 1.02. The zero-order chi connectivity index (χ0) is 11.1. The zero-order valence-corrected chi connectivity index (χ0v) is 8.79. The molecule has 80 valence electrons. The van der Waals surface area contributed by atoms with Crippen molar-refractivity contribution >= 4 is 10.9 Å². The molecule has 0 aliphatic rings. The van der Waals surface area contributed by atoms with Crippen molar-refractivity contribution < 1.29 is 0 Å². The third-order valence-electron chi connectivity index (χ3n) is 2.82. The lowest BCUT2D eigenvalue weighted by Crippen LogP contribution is -2.01. The molecule has 3 N–H and O–H groups in total. The minimum Gasteiger partial charge on any atom is -0.361 e. The lowest BCUT2D eigenvalue weighted by atomic mass is 10.1. The van der Waals surface area contributed by atoms with Crippen LogP contribution < -0.4 is 5.56 Å². The molecule has 0 saturated carbocycles. The van der Waals surface area contributed by atoms with Crippen molar-refractivity contribution in [1.82, 2.24) is 15.2 Å². The maximum atomic E-state index is 11.7. The van der Waals surface area contributed by atoms with Gasteiger partial charge in [-0.3, -0.25) is 9.89 Å². The molecule has 0 amide bonds. The molecular formula is C12H11N3O. The number of H-pyrrole nitrogens is 3. The quantitative estimate of drug-likeness (QED) is 0.569. The van der Waals surface area contributed by atoms with Crippen molar-refractivity contribution in [3.05, 3.63) is 46.5 Å². The Kier molecular flexibility index (Phi) is 1.77. The Balaban J connectivity index is 2.39. The van der Waals surface area contributed by atoms with Crippen LogP contribution in [0.5, 0.6) is 0 Å². The molecular weight excluding hydrogens is 202 g/mol. The third-order valence-corrected chi connectivity index (χ3v) is 2.82. The van der Waals surface area contributed by atoms with Crippen molar-refractivity contribution in [2.45, 2.75) is 6.92 Å². The van der Waals surface area contributed by atoms with E-state index in [1.807, 2.05) is 37.4 Å². The van der Waals surface area contributed by atoms with E-state index in [-0.39, 0.29) is 5.56 Å². The van der Waals surface area contributed by atoms with Crippen molar-refractivity contribution in [3.8, 4) is 11.1 Å². The first-order valence-electron chi connectivity index (χ1n) is 5.11. The normalized spacial score (nSPS) is 11.1. The summed E-state index contributed by atoms with van der Waals surface area (Å²) < 4.78 is 0. The number of rotatable bonds is 1. The summed E-state index contributed by atoms with van der Waals surface area (Å²) in [6.07, 6.45) is 1.87. The Bertz CT molecular complexity index is 702. The van der Waals surface area contributed by atoms with Crippen molar-refractivity contribution in [2.24, 2.45) is 0 Å². The van der Waals surface area contributed by atoms with Gasteiger partial charge in [0.2, 0.25) is 0 Å².